The van der Waals surface area contributed by atoms with E-state index in [9.17, 15) is 4.79 Å². The molecule has 0 saturated carbocycles. The van der Waals surface area contributed by atoms with Gasteiger partial charge in [0.2, 0.25) is 0 Å². The Bertz CT molecular complexity index is 439. The molecule has 0 unspecified atom stereocenters. The predicted molar refractivity (Wildman–Crippen MR) is 97.5 cm³/mol. The molecule has 0 fully saturated rings. The lowest BCUT2D eigenvalue weighted by Gasteiger charge is -2.09. The third-order valence-corrected chi connectivity index (χ3v) is 3.71. The average molecular weight is 322 g/mol. The molecule has 132 valence electrons. The summed E-state index contributed by atoms with van der Waals surface area (Å²) in [6.45, 7) is 8.68. The molecule has 23 heavy (non-hydrogen) atoms. The smallest absolute Gasteiger partial charge is 0.160 e. The first-order valence-electron chi connectivity index (χ1n) is 8.70. The van der Waals surface area contributed by atoms with E-state index in [-0.39, 0.29) is 0 Å². The number of carbonyl (C=O) groups excluding carboxylic acids is 1. The van der Waals surface area contributed by atoms with Gasteiger partial charge in [-0.25, -0.2) is 0 Å². The number of benzene rings is 1. The van der Waals surface area contributed by atoms with Gasteiger partial charge in [-0.15, -0.1) is 0 Å². The molecule has 3 nitrogen and oxygen atoms in total. The number of ketones is 1. The summed E-state index contributed by atoms with van der Waals surface area (Å²) in [5.41, 5.74) is 1.18. The van der Waals surface area contributed by atoms with Crippen molar-refractivity contribution in [3.8, 4) is 11.5 Å². The minimum Gasteiger partial charge on any atom is -0.493 e. The van der Waals surface area contributed by atoms with Crippen LogP contribution in [0, 0.1) is 5.92 Å². The second kappa shape index (κ2) is 13.0. The highest BCUT2D eigenvalue weighted by molar-refractivity contribution is 5.78. The summed E-state index contributed by atoms with van der Waals surface area (Å²) in [5.74, 6) is 2.73. The number of rotatable bonds is 9. The summed E-state index contributed by atoms with van der Waals surface area (Å²) in [4.78, 5) is 11.4. The molecule has 0 aliphatic rings. The lowest BCUT2D eigenvalue weighted by molar-refractivity contribution is -0.119. The molecule has 0 spiro atoms. The minimum atomic E-state index is 0.359. The summed E-state index contributed by atoms with van der Waals surface area (Å²) >= 11 is 0. The van der Waals surface area contributed by atoms with E-state index in [1.54, 1.807) is 14.2 Å². The third kappa shape index (κ3) is 9.98. The number of ether oxygens (including phenoxy) is 2. The van der Waals surface area contributed by atoms with Crippen molar-refractivity contribution in [2.75, 3.05) is 14.2 Å². The summed E-state index contributed by atoms with van der Waals surface area (Å²) in [7, 11) is 3.26. The lowest BCUT2D eigenvalue weighted by Crippen LogP contribution is -1.98. The molecular weight excluding hydrogens is 288 g/mol. The Morgan fingerprint density at radius 2 is 1.65 bits per heavy atom. The summed E-state index contributed by atoms with van der Waals surface area (Å²) < 4.78 is 10.4. The number of methoxy groups -OCH3 is 2. The third-order valence-electron chi connectivity index (χ3n) is 3.71. The maximum Gasteiger partial charge on any atom is 0.160 e. The van der Waals surface area contributed by atoms with Crippen LogP contribution in [0.3, 0.4) is 0 Å². The topological polar surface area (TPSA) is 35.5 Å². The second-order valence-corrected chi connectivity index (χ2v) is 6.13. The zero-order valence-corrected chi connectivity index (χ0v) is 15.8. The van der Waals surface area contributed by atoms with E-state index in [1.165, 1.54) is 12.0 Å². The highest BCUT2D eigenvalue weighted by atomic mass is 16.5. The minimum absolute atomic E-state index is 0.359. The average Bonchev–Trinajstić information content (AvgIpc) is 2.55. The molecule has 0 heterocycles. The molecule has 0 amide bonds. The van der Waals surface area contributed by atoms with E-state index in [1.807, 2.05) is 25.1 Å². The van der Waals surface area contributed by atoms with Gasteiger partial charge >= 0.3 is 0 Å². The monoisotopic (exact) mass is 322 g/mol. The Balaban J connectivity index is 0.000000841. The number of hydrogen-bond acceptors (Lipinski definition) is 3. The van der Waals surface area contributed by atoms with Crippen LogP contribution in [0.1, 0.15) is 65.4 Å². The van der Waals surface area contributed by atoms with Gasteiger partial charge in [-0.2, -0.15) is 0 Å². The summed E-state index contributed by atoms with van der Waals surface area (Å²) in [6, 6.07) is 5.90. The van der Waals surface area contributed by atoms with E-state index >= 15 is 0 Å². The van der Waals surface area contributed by atoms with Gasteiger partial charge < -0.3 is 9.47 Å². The Kier molecular flexibility index (Phi) is 12.1. The first-order chi connectivity index (χ1) is 11.0. The van der Waals surface area contributed by atoms with E-state index in [4.69, 9.17) is 9.47 Å². The Hall–Kier alpha value is -1.51. The van der Waals surface area contributed by atoms with E-state index in [0.717, 1.165) is 36.7 Å². The van der Waals surface area contributed by atoms with Gasteiger partial charge in [0.15, 0.2) is 11.5 Å². The van der Waals surface area contributed by atoms with Crippen LogP contribution >= 0.6 is 0 Å². The van der Waals surface area contributed by atoms with Crippen LogP contribution in [-0.2, 0) is 11.2 Å². The van der Waals surface area contributed by atoms with Gasteiger partial charge in [0.05, 0.1) is 14.2 Å². The Morgan fingerprint density at radius 1 is 1.04 bits per heavy atom. The predicted octanol–water partition coefficient (Wildman–Crippen LogP) is 5.45. The van der Waals surface area contributed by atoms with E-state index < -0.39 is 0 Å². The SMILES string of the molecule is CCC(C)C.CCCC(=O)CCCc1ccc(OC)c(OC)c1. The molecule has 1 rings (SSSR count). The van der Waals surface area contributed by atoms with Crippen molar-refractivity contribution < 1.29 is 14.3 Å². The zero-order valence-electron chi connectivity index (χ0n) is 15.8. The van der Waals surface area contributed by atoms with Crippen LogP contribution in [0.5, 0.6) is 11.5 Å². The van der Waals surface area contributed by atoms with Crippen molar-refractivity contribution in [1.82, 2.24) is 0 Å². The summed E-state index contributed by atoms with van der Waals surface area (Å²) in [6.07, 6.45) is 5.41. The van der Waals surface area contributed by atoms with Crippen LogP contribution in [0.2, 0.25) is 0 Å². The van der Waals surface area contributed by atoms with Gasteiger partial charge in [-0.05, 0) is 42.9 Å². The number of carbonyl (C=O) groups is 1. The lowest BCUT2D eigenvalue weighted by atomic mass is 10.0. The van der Waals surface area contributed by atoms with Crippen LogP contribution in [-0.4, -0.2) is 20.0 Å². The molecule has 3 heteroatoms. The van der Waals surface area contributed by atoms with Crippen molar-refractivity contribution in [2.45, 2.75) is 66.2 Å². The first-order valence-corrected chi connectivity index (χ1v) is 8.70. The molecule has 0 bridgehead atoms. The van der Waals surface area contributed by atoms with Gasteiger partial charge in [-0.3, -0.25) is 4.79 Å². The van der Waals surface area contributed by atoms with Crippen molar-refractivity contribution in [3.05, 3.63) is 23.8 Å². The molecule has 0 N–H and O–H groups in total. The highest BCUT2D eigenvalue weighted by Crippen LogP contribution is 2.28. The van der Waals surface area contributed by atoms with Crippen molar-refractivity contribution >= 4 is 5.78 Å². The van der Waals surface area contributed by atoms with Crippen LogP contribution in [0.15, 0.2) is 18.2 Å². The van der Waals surface area contributed by atoms with Crippen LogP contribution in [0.4, 0.5) is 0 Å². The van der Waals surface area contributed by atoms with Gasteiger partial charge in [-0.1, -0.05) is 40.2 Å². The molecule has 0 aromatic heterocycles. The molecule has 0 atom stereocenters. The molecule has 1 aromatic carbocycles. The van der Waals surface area contributed by atoms with Gasteiger partial charge in [0.25, 0.3) is 0 Å². The quantitative estimate of drug-likeness (QED) is 0.606. The summed E-state index contributed by atoms with van der Waals surface area (Å²) in [5, 5.41) is 0. The number of aryl methyl sites for hydroxylation is 1. The molecule has 1 aromatic rings. The van der Waals surface area contributed by atoms with Crippen LogP contribution in [0.25, 0.3) is 0 Å². The normalized spacial score (nSPS) is 10.0. The molecular formula is C20H34O3. The van der Waals surface area contributed by atoms with E-state index in [2.05, 4.69) is 20.8 Å². The Labute approximate surface area is 142 Å². The largest absolute Gasteiger partial charge is 0.493 e. The second-order valence-electron chi connectivity index (χ2n) is 6.13. The Morgan fingerprint density at radius 3 is 2.13 bits per heavy atom. The standard InChI is InChI=1S/C15H22O3.C5H12/c1-4-6-13(16)8-5-7-12-9-10-14(17-2)15(11-12)18-3;1-4-5(2)3/h9-11H,4-8H2,1-3H3;5H,4H2,1-3H3. The van der Waals surface area contributed by atoms with Gasteiger partial charge in [0, 0.05) is 12.8 Å². The number of Topliss-reactive ketones (excluding diaryl/α,β-unsaturated/α-hetero) is 1. The van der Waals surface area contributed by atoms with Crippen molar-refractivity contribution in [1.29, 1.82) is 0 Å². The molecule has 0 aliphatic heterocycles. The fourth-order valence-corrected chi connectivity index (χ4v) is 1.93. The van der Waals surface area contributed by atoms with Gasteiger partial charge in [0.1, 0.15) is 5.78 Å². The fraction of sp³-hybridized carbons (Fsp3) is 0.650. The van der Waals surface area contributed by atoms with Crippen LogP contribution < -0.4 is 9.47 Å². The first kappa shape index (κ1) is 21.5. The van der Waals surface area contributed by atoms with E-state index in [0.29, 0.717) is 18.6 Å². The fourth-order valence-electron chi connectivity index (χ4n) is 1.93. The zero-order chi connectivity index (χ0) is 17.7. The molecule has 0 saturated heterocycles. The van der Waals surface area contributed by atoms with Crippen molar-refractivity contribution in [3.63, 3.8) is 0 Å². The highest BCUT2D eigenvalue weighted by Gasteiger charge is 2.05. The number of hydrogen-bond donors (Lipinski definition) is 0. The maximum atomic E-state index is 11.4. The van der Waals surface area contributed by atoms with Crippen molar-refractivity contribution in [2.24, 2.45) is 5.92 Å². The molecule has 0 aliphatic carbocycles. The molecule has 0 radical (unpaired) electrons. The maximum absolute atomic E-state index is 11.4.